The van der Waals surface area contributed by atoms with E-state index in [-0.39, 0.29) is 17.6 Å². The van der Waals surface area contributed by atoms with Crippen LogP contribution in [-0.4, -0.2) is 14.8 Å². The van der Waals surface area contributed by atoms with Gasteiger partial charge in [-0.2, -0.15) is 0 Å². The normalized spacial score (nSPS) is 10.6. The number of alkyl halides is 1. The third kappa shape index (κ3) is 2.73. The maximum Gasteiger partial charge on any atom is 0.203 e. The number of hydrogen-bond acceptors (Lipinski definition) is 3. The largest absolute Gasteiger partial charge is 0.494 e. The molecule has 112 valence electrons. The molecule has 5 heteroatoms. The molecule has 0 aliphatic heterocycles. The average molecular weight is 316 g/mol. The van der Waals surface area contributed by atoms with E-state index in [4.69, 9.17) is 16.3 Å². The molecule has 0 bridgehead atoms. The van der Waals surface area contributed by atoms with E-state index in [2.05, 4.69) is 0 Å². The Labute approximate surface area is 132 Å². The lowest BCUT2D eigenvalue weighted by atomic mass is 10.3. The van der Waals surface area contributed by atoms with Crippen LogP contribution in [0.4, 0.5) is 0 Å². The number of benzene rings is 2. The van der Waals surface area contributed by atoms with E-state index in [9.17, 15) is 10.2 Å². The first-order chi connectivity index (χ1) is 10.7. The van der Waals surface area contributed by atoms with Crippen LogP contribution in [0.1, 0.15) is 5.56 Å². The van der Waals surface area contributed by atoms with E-state index in [1.807, 2.05) is 30.3 Å². The van der Waals surface area contributed by atoms with Crippen LogP contribution in [0.2, 0.25) is 0 Å². The monoisotopic (exact) mass is 315 g/mol. The van der Waals surface area contributed by atoms with Gasteiger partial charge in [-0.05, 0) is 36.4 Å². The Morgan fingerprint density at radius 3 is 2.14 bits per heavy atom. The number of para-hydroxylation sites is 1. The first-order valence-corrected chi connectivity index (χ1v) is 7.24. The highest BCUT2D eigenvalue weighted by Crippen LogP contribution is 2.33. The molecule has 0 radical (unpaired) electrons. The molecule has 0 aliphatic rings. The fourth-order valence-electron chi connectivity index (χ4n) is 2.18. The fourth-order valence-corrected chi connectivity index (χ4v) is 2.37. The van der Waals surface area contributed by atoms with Crippen LogP contribution in [-0.2, 0) is 5.88 Å². The van der Waals surface area contributed by atoms with Gasteiger partial charge in [0.1, 0.15) is 11.5 Å². The molecule has 0 aliphatic carbocycles. The Bertz CT molecular complexity index is 767. The number of ether oxygens (including phenoxy) is 1. The Balaban J connectivity index is 1.87. The van der Waals surface area contributed by atoms with Gasteiger partial charge in [0.05, 0.1) is 11.6 Å². The number of hydrogen-bond donors (Lipinski definition) is 2. The summed E-state index contributed by atoms with van der Waals surface area (Å²) < 4.78 is 7.02. The van der Waals surface area contributed by atoms with E-state index in [1.54, 1.807) is 24.3 Å². The van der Waals surface area contributed by atoms with Crippen LogP contribution in [0.15, 0.2) is 60.7 Å². The zero-order chi connectivity index (χ0) is 15.5. The molecule has 0 fully saturated rings. The van der Waals surface area contributed by atoms with E-state index >= 15 is 0 Å². The number of aromatic hydroxyl groups is 2. The summed E-state index contributed by atoms with van der Waals surface area (Å²) in [6, 6.07) is 17.9. The molecule has 1 aromatic heterocycles. The summed E-state index contributed by atoms with van der Waals surface area (Å²) in [4.78, 5) is 0. The topological polar surface area (TPSA) is 54.6 Å². The summed E-state index contributed by atoms with van der Waals surface area (Å²) in [7, 11) is 0. The molecule has 0 spiro atoms. The predicted octanol–water partition coefficient (Wildman–Crippen LogP) is 4.42. The lowest BCUT2D eigenvalue weighted by Gasteiger charge is -2.09. The highest BCUT2D eigenvalue weighted by atomic mass is 35.5. The summed E-state index contributed by atoms with van der Waals surface area (Å²) in [5.74, 6) is 1.40. The van der Waals surface area contributed by atoms with Crippen LogP contribution in [0.25, 0.3) is 5.69 Å². The van der Waals surface area contributed by atoms with Crippen molar-refractivity contribution in [3.05, 3.63) is 66.2 Å². The second-order valence-corrected chi connectivity index (χ2v) is 5.00. The van der Waals surface area contributed by atoms with Gasteiger partial charge in [0.25, 0.3) is 0 Å². The quantitative estimate of drug-likeness (QED) is 0.701. The Morgan fingerprint density at radius 1 is 0.909 bits per heavy atom. The lowest BCUT2D eigenvalue weighted by molar-refractivity contribution is 0.401. The zero-order valence-electron chi connectivity index (χ0n) is 11.6. The third-order valence-corrected chi connectivity index (χ3v) is 3.54. The number of aromatic nitrogens is 1. The minimum atomic E-state index is -0.0655. The minimum absolute atomic E-state index is 0.0649. The van der Waals surface area contributed by atoms with Gasteiger partial charge in [0.2, 0.25) is 5.88 Å². The summed E-state index contributed by atoms with van der Waals surface area (Å²) in [5, 5.41) is 20.0. The lowest BCUT2D eigenvalue weighted by Crippen LogP contribution is -1.93. The van der Waals surface area contributed by atoms with E-state index in [0.717, 1.165) is 5.75 Å². The molecule has 3 rings (SSSR count). The Hall–Kier alpha value is -2.59. The standard InChI is InChI=1S/C17H14ClNO3/c18-11-12-10-16(20)19(17(12)21)13-6-8-15(9-7-13)22-14-4-2-1-3-5-14/h1-10,20-21H,11H2. The van der Waals surface area contributed by atoms with Crippen molar-refractivity contribution in [1.29, 1.82) is 0 Å². The molecule has 4 nitrogen and oxygen atoms in total. The molecule has 2 aromatic carbocycles. The minimum Gasteiger partial charge on any atom is -0.494 e. The fraction of sp³-hybridized carbons (Fsp3) is 0.0588. The van der Waals surface area contributed by atoms with Gasteiger partial charge in [-0.3, -0.25) is 4.57 Å². The summed E-state index contributed by atoms with van der Waals surface area (Å²) in [6.07, 6.45) is 0. The van der Waals surface area contributed by atoms with Crippen molar-refractivity contribution in [2.45, 2.75) is 5.88 Å². The predicted molar refractivity (Wildman–Crippen MR) is 85.2 cm³/mol. The highest BCUT2D eigenvalue weighted by Gasteiger charge is 2.14. The smallest absolute Gasteiger partial charge is 0.203 e. The second-order valence-electron chi connectivity index (χ2n) is 4.73. The molecular weight excluding hydrogens is 302 g/mol. The number of nitrogens with zero attached hydrogens (tertiary/aromatic N) is 1. The van der Waals surface area contributed by atoms with Crippen molar-refractivity contribution >= 4 is 11.6 Å². The van der Waals surface area contributed by atoms with Crippen LogP contribution >= 0.6 is 11.6 Å². The van der Waals surface area contributed by atoms with Crippen LogP contribution < -0.4 is 4.74 Å². The first kappa shape index (κ1) is 14.4. The van der Waals surface area contributed by atoms with Crippen molar-refractivity contribution in [3.8, 4) is 28.9 Å². The van der Waals surface area contributed by atoms with E-state index in [0.29, 0.717) is 17.0 Å². The van der Waals surface area contributed by atoms with Crippen LogP contribution in [0.3, 0.4) is 0 Å². The summed E-state index contributed by atoms with van der Waals surface area (Å²) in [6.45, 7) is 0. The second kappa shape index (κ2) is 6.03. The average Bonchev–Trinajstić information content (AvgIpc) is 2.83. The molecule has 3 aromatic rings. The molecule has 1 heterocycles. The summed E-state index contributed by atoms with van der Waals surface area (Å²) >= 11 is 5.72. The van der Waals surface area contributed by atoms with Crippen LogP contribution in [0.5, 0.6) is 23.3 Å². The zero-order valence-corrected chi connectivity index (χ0v) is 12.4. The van der Waals surface area contributed by atoms with Gasteiger partial charge in [0, 0.05) is 11.6 Å². The highest BCUT2D eigenvalue weighted by molar-refractivity contribution is 6.17. The van der Waals surface area contributed by atoms with Crippen molar-refractivity contribution in [2.24, 2.45) is 0 Å². The van der Waals surface area contributed by atoms with Gasteiger partial charge >= 0.3 is 0 Å². The van der Waals surface area contributed by atoms with Gasteiger partial charge < -0.3 is 14.9 Å². The van der Waals surface area contributed by atoms with Crippen molar-refractivity contribution in [2.75, 3.05) is 0 Å². The maximum absolute atomic E-state index is 10.1. The molecule has 0 unspecified atom stereocenters. The molecule has 0 saturated heterocycles. The van der Waals surface area contributed by atoms with Gasteiger partial charge in [-0.15, -0.1) is 11.6 Å². The van der Waals surface area contributed by atoms with E-state index < -0.39 is 0 Å². The van der Waals surface area contributed by atoms with Crippen LogP contribution in [0, 0.1) is 0 Å². The SMILES string of the molecule is Oc1cc(CCl)c(O)n1-c1ccc(Oc2ccccc2)cc1. The number of halogens is 1. The Morgan fingerprint density at radius 2 is 1.55 bits per heavy atom. The van der Waals surface area contributed by atoms with Gasteiger partial charge in [-0.1, -0.05) is 18.2 Å². The van der Waals surface area contributed by atoms with Gasteiger partial charge in [0.15, 0.2) is 5.88 Å². The van der Waals surface area contributed by atoms with E-state index in [1.165, 1.54) is 10.6 Å². The maximum atomic E-state index is 10.1. The molecule has 2 N–H and O–H groups in total. The van der Waals surface area contributed by atoms with Crippen molar-refractivity contribution in [1.82, 2.24) is 4.57 Å². The van der Waals surface area contributed by atoms with Gasteiger partial charge in [-0.25, -0.2) is 0 Å². The Kier molecular flexibility index (Phi) is 3.94. The van der Waals surface area contributed by atoms with Crippen molar-refractivity contribution in [3.63, 3.8) is 0 Å². The summed E-state index contributed by atoms with van der Waals surface area (Å²) in [5.41, 5.74) is 1.09. The molecule has 22 heavy (non-hydrogen) atoms. The number of rotatable bonds is 4. The molecule has 0 saturated carbocycles. The third-order valence-electron chi connectivity index (χ3n) is 3.25. The molecule has 0 amide bonds. The first-order valence-electron chi connectivity index (χ1n) is 6.71. The molecular formula is C17H14ClNO3. The van der Waals surface area contributed by atoms with Crippen molar-refractivity contribution < 1.29 is 14.9 Å². The molecule has 0 atom stereocenters.